The first-order valence-corrected chi connectivity index (χ1v) is 21.9. The van der Waals surface area contributed by atoms with Gasteiger partial charge in [0.05, 0.1) is 45.0 Å². The van der Waals surface area contributed by atoms with Crippen LogP contribution >= 0.6 is 0 Å². The predicted octanol–water partition coefficient (Wildman–Crippen LogP) is 6.28. The smallest absolute Gasteiger partial charge is 0.657 e. The van der Waals surface area contributed by atoms with Crippen molar-refractivity contribution in [3.05, 3.63) is 120 Å². The van der Waals surface area contributed by atoms with E-state index in [9.17, 15) is 0 Å². The minimum Gasteiger partial charge on any atom is -0.657 e. The third kappa shape index (κ3) is 8.16. The summed E-state index contributed by atoms with van der Waals surface area (Å²) in [5.41, 5.74) is 8.43. The van der Waals surface area contributed by atoms with Crippen molar-refractivity contribution in [2.75, 3.05) is 0 Å². The molecule has 0 amide bonds. The zero-order valence-corrected chi connectivity index (χ0v) is 44.3. The van der Waals surface area contributed by atoms with Crippen LogP contribution in [0.25, 0.3) is 90.9 Å². The molecule has 9 rings (SSSR count). The SMILES string of the molecule is [Si]Oc1cccc(O[Si])c1-c1c2nc(c(-c3c(O[Si])cccc3O[Si])c3ccc([n-]3)c(-c3c(O[Si])cccc3O[Si])c3ccc([n-]3)c(-c3c(O[Si])cccc3O[Si])c3nc1C=C3)C=C2.[Zn+2]. The number of benzene rings is 4. The largest absolute Gasteiger partial charge is 2.00 e. The van der Waals surface area contributed by atoms with Crippen molar-refractivity contribution in [3.8, 4) is 90.5 Å². The van der Waals surface area contributed by atoms with Gasteiger partial charge in [-0.2, -0.15) is 0 Å². The van der Waals surface area contributed by atoms with Crippen LogP contribution in [0.1, 0.15) is 22.8 Å². The molecule has 298 valence electrons. The Kier molecular flexibility index (Phi) is 13.9. The summed E-state index contributed by atoms with van der Waals surface area (Å²) in [5, 5.41) is 0. The quantitative estimate of drug-likeness (QED) is 0.128. The van der Waals surface area contributed by atoms with E-state index in [1.54, 1.807) is 72.8 Å². The van der Waals surface area contributed by atoms with Crippen LogP contribution in [0.2, 0.25) is 0 Å². The second-order valence-electron chi connectivity index (χ2n) is 13.7. The summed E-state index contributed by atoms with van der Waals surface area (Å²) < 4.78 is 46.2. The van der Waals surface area contributed by atoms with Crippen LogP contribution in [0, 0.1) is 0 Å². The first-order valence-electron chi connectivity index (χ1n) is 18.7. The van der Waals surface area contributed by atoms with E-state index in [1.807, 2.05) is 48.6 Å². The normalized spacial score (nSPS) is 11.4. The van der Waals surface area contributed by atoms with E-state index in [-0.39, 0.29) is 19.5 Å². The number of hydrogen-bond donors (Lipinski definition) is 0. The second kappa shape index (κ2) is 19.8. The molecule has 7 aromatic rings. The molecule has 21 heteroatoms. The average Bonchev–Trinajstić information content (AvgIpc) is 4.20. The average molecular weight is 1020 g/mol. The third-order valence-electron chi connectivity index (χ3n) is 10.4. The molecule has 0 unspecified atom stereocenters. The Hall–Kier alpha value is -5.76. The van der Waals surface area contributed by atoms with Gasteiger partial charge in [0.1, 0.15) is 46.0 Å². The number of nitrogens with zero attached hydrogens (tertiary/aromatic N) is 4. The predicted molar refractivity (Wildman–Crippen MR) is 250 cm³/mol. The molecule has 0 saturated heterocycles. The van der Waals surface area contributed by atoms with Gasteiger partial charge >= 0.3 is 103 Å². The number of hydrogen-bond acceptors (Lipinski definition) is 10. The van der Waals surface area contributed by atoms with E-state index in [2.05, 4.69) is 83.9 Å². The van der Waals surface area contributed by atoms with Crippen LogP contribution in [0.4, 0.5) is 0 Å². The van der Waals surface area contributed by atoms with Gasteiger partial charge in [0.15, 0.2) is 0 Å². The van der Waals surface area contributed by atoms with Gasteiger partial charge in [-0.15, -0.1) is 22.1 Å². The van der Waals surface area contributed by atoms with Crippen LogP contribution in [0.3, 0.4) is 0 Å². The molecule has 3 aromatic heterocycles. The Balaban J connectivity index is 0.00000576. The van der Waals surface area contributed by atoms with Crippen molar-refractivity contribution in [2.45, 2.75) is 0 Å². The summed E-state index contributed by atoms with van der Waals surface area (Å²) in [6.45, 7) is 0. The van der Waals surface area contributed by atoms with Crippen molar-refractivity contribution in [1.29, 1.82) is 0 Å². The molecule has 12 nitrogen and oxygen atoms in total. The Morgan fingerprint density at radius 3 is 0.754 bits per heavy atom. The van der Waals surface area contributed by atoms with E-state index < -0.39 is 0 Å². The molecule has 5 heterocycles. The topological polar surface area (TPSA) is 128 Å². The fraction of sp³-hybridized carbons (Fsp3) is 0. The summed E-state index contributed by atoms with van der Waals surface area (Å²) in [7, 11) is 26.3. The van der Waals surface area contributed by atoms with Crippen LogP contribution < -0.4 is 45.4 Å². The molecule has 2 aliphatic rings. The van der Waals surface area contributed by atoms with Gasteiger partial charge in [-0.25, -0.2) is 9.97 Å². The maximum atomic E-state index is 5.78. The minimum absolute atomic E-state index is 0. The van der Waals surface area contributed by atoms with E-state index >= 15 is 0 Å². The molecule has 24 radical (unpaired) electrons. The molecular weight excluding hydrogens is 1000 g/mol. The monoisotopic (exact) mass is 1020 g/mol. The maximum absolute atomic E-state index is 5.78. The first-order chi connectivity index (χ1) is 31.4. The van der Waals surface area contributed by atoms with Gasteiger partial charge in [0.2, 0.25) is 0 Å². The van der Waals surface area contributed by atoms with E-state index in [4.69, 9.17) is 55.3 Å². The van der Waals surface area contributed by atoms with Gasteiger partial charge in [0.25, 0.3) is 0 Å². The Morgan fingerprint density at radius 2 is 0.492 bits per heavy atom. The summed E-state index contributed by atoms with van der Waals surface area (Å²) in [5.74, 6) is 3.38. The fourth-order valence-electron chi connectivity index (χ4n) is 7.82. The van der Waals surface area contributed by atoms with Gasteiger partial charge < -0.3 is 45.4 Å². The molecule has 65 heavy (non-hydrogen) atoms. The molecule has 2 aliphatic heterocycles. The van der Waals surface area contributed by atoms with Crippen molar-refractivity contribution in [1.82, 2.24) is 19.9 Å². The Morgan fingerprint density at radius 1 is 0.277 bits per heavy atom. The molecule has 4 aromatic carbocycles. The van der Waals surface area contributed by atoms with Crippen LogP contribution in [-0.4, -0.2) is 93.9 Å². The molecule has 0 fully saturated rings. The summed E-state index contributed by atoms with van der Waals surface area (Å²) in [6.07, 6.45) is 7.53. The summed E-state index contributed by atoms with van der Waals surface area (Å²) in [6, 6.07) is 29.1. The van der Waals surface area contributed by atoms with Gasteiger partial charge in [-0.05, 0) is 78.4 Å². The molecule has 0 atom stereocenters. The van der Waals surface area contributed by atoms with Crippen molar-refractivity contribution in [3.63, 3.8) is 0 Å². The van der Waals surface area contributed by atoms with Crippen LogP contribution in [0.5, 0.6) is 46.0 Å². The summed E-state index contributed by atoms with van der Waals surface area (Å²) in [4.78, 5) is 21.3. The summed E-state index contributed by atoms with van der Waals surface area (Å²) >= 11 is 0. The maximum Gasteiger partial charge on any atom is 2.00 e. The van der Waals surface area contributed by atoms with Crippen LogP contribution in [-0.2, 0) is 19.5 Å². The molecule has 0 aliphatic carbocycles. The number of fused-ring (bicyclic) bond motifs is 8. The second-order valence-corrected chi connectivity index (χ2v) is 15.3. The van der Waals surface area contributed by atoms with Crippen molar-refractivity contribution >= 4 is 130 Å². The fourth-order valence-corrected chi connectivity index (χ4v) is 9.18. The van der Waals surface area contributed by atoms with Crippen molar-refractivity contribution < 1.29 is 54.9 Å². The van der Waals surface area contributed by atoms with Gasteiger partial charge in [-0.3, -0.25) is 0 Å². The first kappa shape index (κ1) is 45.8. The van der Waals surface area contributed by atoms with E-state index in [0.29, 0.717) is 135 Å². The van der Waals surface area contributed by atoms with Gasteiger partial charge in [-0.1, -0.05) is 48.5 Å². The van der Waals surface area contributed by atoms with Crippen molar-refractivity contribution in [2.24, 2.45) is 0 Å². The van der Waals surface area contributed by atoms with Gasteiger partial charge in [0, 0.05) is 16.7 Å². The van der Waals surface area contributed by atoms with Crippen LogP contribution in [0.15, 0.2) is 97.1 Å². The Labute approximate surface area is 412 Å². The molecule has 0 spiro atoms. The zero-order chi connectivity index (χ0) is 44.5. The Bertz CT molecular complexity index is 2980. The third-order valence-corrected chi connectivity index (χ3v) is 12.2. The van der Waals surface area contributed by atoms with E-state index in [0.717, 1.165) is 0 Å². The number of rotatable bonds is 12. The molecular formula is C44H20N4O8Si8Zn. The molecule has 0 saturated carbocycles. The van der Waals surface area contributed by atoms with E-state index in [1.165, 1.54) is 0 Å². The molecule has 0 N–H and O–H groups in total. The minimum atomic E-state index is 0. The number of aromatic nitrogens is 4. The standard InChI is InChI=1S/C44H20N4O8Si8.Zn/c57-49-29-5-1-6-30(50-58)41(29)37-21-13-15-23(45-21)38(42-31(51-59)7-2-8-32(42)52-60)25-17-19-27(47-25)40(44-35(55-63)11-4-12-36(44)56-64)28-20-18-26(48-28)39(24-16-14-22(37)46-24)43-33(53-61)9-3-10-34(43)54-62;/h1-20H;/q-2;+2. The zero-order valence-electron chi connectivity index (χ0n) is 33.3. The molecule has 8 bridgehead atoms.